The molecule has 2 aromatic carbocycles. The van der Waals surface area contributed by atoms with Gasteiger partial charge in [-0.15, -0.1) is 0 Å². The number of carbonyl (C=O) groups excluding carboxylic acids is 2. The second-order valence-corrected chi connectivity index (χ2v) is 5.58. The molecule has 110 valence electrons. The maximum absolute atomic E-state index is 12.9. The van der Waals surface area contributed by atoms with Crippen LogP contribution in [0.25, 0.3) is 6.08 Å². The lowest BCUT2D eigenvalue weighted by atomic mass is 10.2. The van der Waals surface area contributed by atoms with Gasteiger partial charge in [-0.1, -0.05) is 12.1 Å². The van der Waals surface area contributed by atoms with Gasteiger partial charge in [0, 0.05) is 0 Å². The molecule has 0 saturated carbocycles. The fourth-order valence-corrected chi connectivity index (χ4v) is 2.84. The molecule has 0 bridgehead atoms. The molecule has 0 aliphatic carbocycles. The van der Waals surface area contributed by atoms with Gasteiger partial charge in [0.25, 0.3) is 11.1 Å². The van der Waals surface area contributed by atoms with E-state index in [4.69, 9.17) is 0 Å². The Hall–Kier alpha value is -2.60. The molecular formula is C16H10FNO3S. The number of halogens is 1. The molecule has 22 heavy (non-hydrogen) atoms. The average molecular weight is 315 g/mol. The van der Waals surface area contributed by atoms with Crippen molar-refractivity contribution >= 4 is 34.7 Å². The summed E-state index contributed by atoms with van der Waals surface area (Å²) in [5.41, 5.74) is 1.03. The number of hydrogen-bond donors (Lipinski definition) is 1. The van der Waals surface area contributed by atoms with Gasteiger partial charge in [0.1, 0.15) is 11.6 Å². The number of amides is 2. The van der Waals surface area contributed by atoms with E-state index in [0.29, 0.717) is 11.3 Å². The number of aromatic hydroxyl groups is 1. The third-order valence-corrected chi connectivity index (χ3v) is 3.94. The zero-order chi connectivity index (χ0) is 15.7. The first-order chi connectivity index (χ1) is 10.5. The first kappa shape index (κ1) is 14.3. The van der Waals surface area contributed by atoms with E-state index in [-0.39, 0.29) is 16.5 Å². The van der Waals surface area contributed by atoms with Crippen molar-refractivity contribution in [3.63, 3.8) is 0 Å². The van der Waals surface area contributed by atoms with E-state index in [2.05, 4.69) is 0 Å². The predicted octanol–water partition coefficient (Wildman–Crippen LogP) is 3.77. The molecule has 0 atom stereocenters. The van der Waals surface area contributed by atoms with Gasteiger partial charge in [-0.3, -0.25) is 9.59 Å². The fourth-order valence-electron chi connectivity index (χ4n) is 2.00. The standard InChI is InChI=1S/C16H10FNO3S/c17-11-3-1-10(2-4-11)9-14-15(20)18(16(21)22-14)12-5-7-13(19)8-6-12/h1-9,19H. The number of thioether (sulfide) groups is 1. The normalized spacial score (nSPS) is 16.6. The summed E-state index contributed by atoms with van der Waals surface area (Å²) < 4.78 is 12.9. The lowest BCUT2D eigenvalue weighted by Gasteiger charge is -2.12. The van der Waals surface area contributed by atoms with Crippen molar-refractivity contribution in [1.29, 1.82) is 0 Å². The zero-order valence-corrected chi connectivity index (χ0v) is 12.0. The largest absolute Gasteiger partial charge is 0.508 e. The van der Waals surface area contributed by atoms with Gasteiger partial charge in [0.05, 0.1) is 10.6 Å². The maximum atomic E-state index is 12.9. The van der Waals surface area contributed by atoms with Crippen molar-refractivity contribution in [3.05, 3.63) is 64.8 Å². The van der Waals surface area contributed by atoms with E-state index in [1.807, 2.05) is 0 Å². The molecule has 6 heteroatoms. The van der Waals surface area contributed by atoms with Crippen LogP contribution in [0.15, 0.2) is 53.4 Å². The van der Waals surface area contributed by atoms with Crippen molar-refractivity contribution in [1.82, 2.24) is 0 Å². The van der Waals surface area contributed by atoms with Crippen molar-refractivity contribution < 1.29 is 19.1 Å². The summed E-state index contributed by atoms with van der Waals surface area (Å²) in [6.45, 7) is 0. The van der Waals surface area contributed by atoms with Gasteiger partial charge in [-0.25, -0.2) is 9.29 Å². The van der Waals surface area contributed by atoms with Crippen LogP contribution in [0.1, 0.15) is 5.56 Å². The molecule has 1 N–H and O–H groups in total. The van der Waals surface area contributed by atoms with Gasteiger partial charge in [-0.2, -0.15) is 0 Å². The molecule has 0 radical (unpaired) electrons. The monoisotopic (exact) mass is 315 g/mol. The fraction of sp³-hybridized carbons (Fsp3) is 0. The topological polar surface area (TPSA) is 57.6 Å². The Bertz CT molecular complexity index is 769. The highest BCUT2D eigenvalue weighted by Crippen LogP contribution is 2.36. The average Bonchev–Trinajstić information content (AvgIpc) is 2.77. The van der Waals surface area contributed by atoms with Crippen LogP contribution < -0.4 is 4.90 Å². The number of rotatable bonds is 2. The summed E-state index contributed by atoms with van der Waals surface area (Å²) in [5.74, 6) is -0.753. The molecule has 2 aromatic rings. The smallest absolute Gasteiger partial charge is 0.298 e. The molecule has 3 rings (SSSR count). The van der Waals surface area contributed by atoms with Crippen LogP contribution in [0.4, 0.5) is 14.9 Å². The highest BCUT2D eigenvalue weighted by Gasteiger charge is 2.36. The molecule has 0 aromatic heterocycles. The molecule has 1 aliphatic rings. The third kappa shape index (κ3) is 2.73. The Kier molecular flexibility index (Phi) is 3.68. The van der Waals surface area contributed by atoms with Crippen LogP contribution in [-0.2, 0) is 4.79 Å². The van der Waals surface area contributed by atoms with Crippen molar-refractivity contribution in [3.8, 4) is 5.75 Å². The van der Waals surface area contributed by atoms with Gasteiger partial charge < -0.3 is 5.11 Å². The van der Waals surface area contributed by atoms with E-state index in [0.717, 1.165) is 16.7 Å². The van der Waals surface area contributed by atoms with E-state index in [1.54, 1.807) is 6.08 Å². The number of imide groups is 1. The summed E-state index contributed by atoms with van der Waals surface area (Å²) in [6.07, 6.45) is 1.55. The molecule has 1 fully saturated rings. The molecule has 2 amide bonds. The third-order valence-electron chi connectivity index (χ3n) is 3.07. The quantitative estimate of drug-likeness (QED) is 0.857. The van der Waals surface area contributed by atoms with Crippen LogP contribution in [-0.4, -0.2) is 16.3 Å². The van der Waals surface area contributed by atoms with E-state index >= 15 is 0 Å². The van der Waals surface area contributed by atoms with Crippen LogP contribution in [0.2, 0.25) is 0 Å². The lowest BCUT2D eigenvalue weighted by molar-refractivity contribution is -0.113. The van der Waals surface area contributed by atoms with Gasteiger partial charge in [0.15, 0.2) is 0 Å². The number of benzene rings is 2. The second kappa shape index (κ2) is 5.65. The minimum absolute atomic E-state index is 0.0533. The molecule has 4 nitrogen and oxygen atoms in total. The number of phenols is 1. The van der Waals surface area contributed by atoms with Crippen molar-refractivity contribution in [2.45, 2.75) is 0 Å². The Balaban J connectivity index is 1.91. The van der Waals surface area contributed by atoms with E-state index in [9.17, 15) is 19.1 Å². The van der Waals surface area contributed by atoms with Gasteiger partial charge in [-0.05, 0) is 59.8 Å². The first-order valence-electron chi connectivity index (χ1n) is 6.37. The molecule has 0 spiro atoms. The Morgan fingerprint density at radius 2 is 1.64 bits per heavy atom. The molecule has 1 aliphatic heterocycles. The van der Waals surface area contributed by atoms with E-state index < -0.39 is 11.1 Å². The summed E-state index contributed by atoms with van der Waals surface area (Å²) in [6, 6.07) is 11.4. The highest BCUT2D eigenvalue weighted by molar-refractivity contribution is 8.19. The number of phenolic OH excluding ortho intramolecular Hbond substituents is 1. The molecule has 0 unspecified atom stereocenters. The summed E-state index contributed by atoms with van der Waals surface area (Å²) in [7, 11) is 0. The minimum atomic E-state index is -0.440. The Morgan fingerprint density at radius 1 is 1.00 bits per heavy atom. The van der Waals surface area contributed by atoms with Crippen molar-refractivity contribution in [2.75, 3.05) is 4.90 Å². The zero-order valence-electron chi connectivity index (χ0n) is 11.2. The predicted molar refractivity (Wildman–Crippen MR) is 83.0 cm³/mol. The number of hydrogen-bond acceptors (Lipinski definition) is 4. The number of carbonyl (C=O) groups is 2. The second-order valence-electron chi connectivity index (χ2n) is 4.59. The first-order valence-corrected chi connectivity index (χ1v) is 7.19. The SMILES string of the molecule is O=C1SC(=Cc2ccc(F)cc2)C(=O)N1c1ccc(O)cc1. The Morgan fingerprint density at radius 3 is 2.27 bits per heavy atom. The number of nitrogens with zero attached hydrogens (tertiary/aromatic N) is 1. The van der Waals surface area contributed by atoms with Crippen LogP contribution in [0, 0.1) is 5.82 Å². The summed E-state index contributed by atoms with van der Waals surface area (Å²) >= 11 is 0.822. The lowest BCUT2D eigenvalue weighted by Crippen LogP contribution is -2.27. The maximum Gasteiger partial charge on any atom is 0.298 e. The molecule has 1 heterocycles. The summed E-state index contributed by atoms with van der Waals surface area (Å²) in [5, 5.41) is 8.85. The highest BCUT2D eigenvalue weighted by atomic mass is 32.2. The minimum Gasteiger partial charge on any atom is -0.508 e. The van der Waals surface area contributed by atoms with Crippen LogP contribution in [0.5, 0.6) is 5.75 Å². The van der Waals surface area contributed by atoms with Gasteiger partial charge in [0.2, 0.25) is 0 Å². The van der Waals surface area contributed by atoms with Crippen molar-refractivity contribution in [2.24, 2.45) is 0 Å². The molecular weight excluding hydrogens is 305 g/mol. The number of anilines is 1. The van der Waals surface area contributed by atoms with Crippen LogP contribution in [0.3, 0.4) is 0 Å². The van der Waals surface area contributed by atoms with Gasteiger partial charge >= 0.3 is 0 Å². The Labute approximate surface area is 129 Å². The molecule has 1 saturated heterocycles. The van der Waals surface area contributed by atoms with E-state index in [1.165, 1.54) is 48.5 Å². The van der Waals surface area contributed by atoms with Crippen LogP contribution >= 0.6 is 11.8 Å². The summed E-state index contributed by atoms with van der Waals surface area (Å²) in [4.78, 5) is 25.7.